The largest absolute Gasteiger partial charge is 0.457 e. The first-order chi connectivity index (χ1) is 17.8. The number of carbonyl (C=O) groups excluding carboxylic acids is 1. The third kappa shape index (κ3) is 6.80. The molecule has 0 unspecified atom stereocenters. The van der Waals surface area contributed by atoms with E-state index in [4.69, 9.17) is 11.6 Å². The van der Waals surface area contributed by atoms with Crippen LogP contribution in [0.2, 0.25) is 5.02 Å². The fourth-order valence-corrected chi connectivity index (χ4v) is 5.49. The first-order valence-corrected chi connectivity index (χ1v) is 13.0. The van der Waals surface area contributed by atoms with Crippen molar-refractivity contribution in [3.63, 3.8) is 0 Å². The first-order valence-electron chi connectivity index (χ1n) is 12.6. The van der Waals surface area contributed by atoms with Gasteiger partial charge in [0.1, 0.15) is 0 Å². The Kier molecular flexibility index (Phi) is 8.61. The summed E-state index contributed by atoms with van der Waals surface area (Å²) < 4.78 is 81.3. The van der Waals surface area contributed by atoms with Crippen LogP contribution in [-0.2, 0) is 16.1 Å². The van der Waals surface area contributed by atoms with Crippen molar-refractivity contribution >= 4 is 23.2 Å². The van der Waals surface area contributed by atoms with Gasteiger partial charge in [-0.15, -0.1) is 0 Å². The van der Waals surface area contributed by atoms with E-state index >= 15 is 0 Å². The van der Waals surface area contributed by atoms with Crippen LogP contribution in [0, 0.1) is 0 Å². The number of ether oxygens (including phenoxy) is 1. The number of nitrogens with zero attached hydrogens (tertiary/aromatic N) is 4. The number of anilines is 1. The highest BCUT2D eigenvalue weighted by molar-refractivity contribution is 6.30. The third-order valence-electron chi connectivity index (χ3n) is 7.32. The Morgan fingerprint density at radius 2 is 1.71 bits per heavy atom. The first kappa shape index (κ1) is 28.7. The summed E-state index contributed by atoms with van der Waals surface area (Å²) >= 11 is 6.31. The number of rotatable bonds is 7. The SMILES string of the molecule is C=C(OC(C(F)(F)F)C(F)(F)F)N1CCN(Cc2ccc(Cl)cc2N2CC[C@@H](N3CCCCC3=O)C2)CC1. The number of carbonyl (C=O) groups is 1. The Bertz CT molecular complexity index is 999. The van der Waals surface area contributed by atoms with Gasteiger partial charge in [-0.1, -0.05) is 17.7 Å². The van der Waals surface area contributed by atoms with Crippen molar-refractivity contribution in [3.05, 3.63) is 41.2 Å². The molecule has 3 aliphatic rings. The van der Waals surface area contributed by atoms with E-state index in [0.29, 0.717) is 37.6 Å². The summed E-state index contributed by atoms with van der Waals surface area (Å²) in [5, 5.41) is 0.586. The van der Waals surface area contributed by atoms with Crippen molar-refractivity contribution < 1.29 is 35.9 Å². The Morgan fingerprint density at radius 3 is 2.34 bits per heavy atom. The number of piperidine rings is 1. The van der Waals surface area contributed by atoms with Crippen LogP contribution in [0.4, 0.5) is 32.0 Å². The lowest BCUT2D eigenvalue weighted by molar-refractivity contribution is -0.317. The van der Waals surface area contributed by atoms with Crippen molar-refractivity contribution in [3.8, 4) is 0 Å². The second-order valence-electron chi connectivity index (χ2n) is 9.94. The topological polar surface area (TPSA) is 39.3 Å². The maximum Gasteiger partial charge on any atom is 0.434 e. The number of piperazine rings is 1. The van der Waals surface area contributed by atoms with Crippen molar-refractivity contribution in [2.24, 2.45) is 0 Å². The molecule has 212 valence electrons. The molecule has 6 nitrogen and oxygen atoms in total. The lowest BCUT2D eigenvalue weighted by Crippen LogP contribution is -2.49. The van der Waals surface area contributed by atoms with Crippen LogP contribution in [-0.4, -0.2) is 90.9 Å². The number of amides is 1. The second kappa shape index (κ2) is 11.4. The Labute approximate surface area is 222 Å². The van der Waals surface area contributed by atoms with Crippen LogP contribution in [0.3, 0.4) is 0 Å². The quantitative estimate of drug-likeness (QED) is 0.341. The van der Waals surface area contributed by atoms with Gasteiger partial charge >= 0.3 is 12.4 Å². The summed E-state index contributed by atoms with van der Waals surface area (Å²) in [4.78, 5) is 20.0. The summed E-state index contributed by atoms with van der Waals surface area (Å²) in [7, 11) is 0. The zero-order valence-electron chi connectivity index (χ0n) is 20.8. The van der Waals surface area contributed by atoms with Crippen LogP contribution >= 0.6 is 11.6 Å². The molecule has 0 bridgehead atoms. The molecule has 13 heteroatoms. The number of benzene rings is 1. The molecule has 3 heterocycles. The van der Waals surface area contributed by atoms with E-state index in [9.17, 15) is 31.1 Å². The molecule has 0 aromatic heterocycles. The Morgan fingerprint density at radius 1 is 1.03 bits per heavy atom. The summed E-state index contributed by atoms with van der Waals surface area (Å²) in [6.45, 7) is 7.28. The third-order valence-corrected chi connectivity index (χ3v) is 7.55. The maximum atomic E-state index is 12.8. The van der Waals surface area contributed by atoms with E-state index < -0.39 is 24.3 Å². The minimum absolute atomic E-state index is 0.154. The summed E-state index contributed by atoms with van der Waals surface area (Å²) in [6, 6.07) is 5.78. The van der Waals surface area contributed by atoms with Crippen molar-refractivity contribution in [1.82, 2.24) is 14.7 Å². The zero-order valence-corrected chi connectivity index (χ0v) is 21.6. The van der Waals surface area contributed by atoms with Crippen molar-refractivity contribution in [2.45, 2.75) is 56.7 Å². The molecule has 0 spiro atoms. The van der Waals surface area contributed by atoms with Crippen molar-refractivity contribution in [1.29, 1.82) is 0 Å². The van der Waals surface area contributed by atoms with E-state index in [0.717, 1.165) is 43.6 Å². The second-order valence-corrected chi connectivity index (χ2v) is 10.4. The molecule has 0 saturated carbocycles. The van der Waals surface area contributed by atoms with Crippen LogP contribution in [0.25, 0.3) is 0 Å². The minimum atomic E-state index is -5.59. The van der Waals surface area contributed by atoms with E-state index in [1.165, 1.54) is 4.90 Å². The molecule has 1 atom stereocenters. The lowest BCUT2D eigenvalue weighted by atomic mass is 10.1. The number of hydrogen-bond donors (Lipinski definition) is 0. The van der Waals surface area contributed by atoms with Gasteiger partial charge in [0, 0.05) is 69.5 Å². The van der Waals surface area contributed by atoms with Crippen LogP contribution in [0.5, 0.6) is 0 Å². The molecule has 0 aliphatic carbocycles. The molecular weight excluding hydrogens is 538 g/mol. The van der Waals surface area contributed by atoms with Gasteiger partial charge in [-0.05, 0) is 43.5 Å². The lowest BCUT2D eigenvalue weighted by Gasteiger charge is -2.38. The van der Waals surface area contributed by atoms with Crippen molar-refractivity contribution in [2.75, 3.05) is 50.7 Å². The molecular formula is C25H31ClF6N4O2. The predicted molar refractivity (Wildman–Crippen MR) is 131 cm³/mol. The highest BCUT2D eigenvalue weighted by atomic mass is 35.5. The fourth-order valence-electron chi connectivity index (χ4n) is 5.32. The molecule has 3 aliphatic heterocycles. The summed E-state index contributed by atoms with van der Waals surface area (Å²) in [5.74, 6) is -0.443. The van der Waals surface area contributed by atoms with Gasteiger partial charge in [-0.3, -0.25) is 9.69 Å². The van der Waals surface area contributed by atoms with Crippen LogP contribution in [0.1, 0.15) is 31.2 Å². The molecule has 38 heavy (non-hydrogen) atoms. The minimum Gasteiger partial charge on any atom is -0.457 e. The molecule has 1 amide bonds. The maximum absolute atomic E-state index is 12.8. The number of hydrogen-bond acceptors (Lipinski definition) is 5. The number of alkyl halides is 6. The Balaban J connectivity index is 1.35. The highest BCUT2D eigenvalue weighted by Gasteiger charge is 2.59. The smallest absolute Gasteiger partial charge is 0.434 e. The van der Waals surface area contributed by atoms with E-state index in [1.807, 2.05) is 17.0 Å². The summed E-state index contributed by atoms with van der Waals surface area (Å²) in [5.41, 5.74) is 1.98. The molecule has 0 radical (unpaired) electrons. The number of likely N-dealkylation sites (tertiary alicyclic amines) is 1. The van der Waals surface area contributed by atoms with Gasteiger partial charge in [0.2, 0.25) is 5.91 Å². The average Bonchev–Trinajstić information content (AvgIpc) is 3.32. The van der Waals surface area contributed by atoms with Gasteiger partial charge in [0.05, 0.1) is 6.04 Å². The molecule has 1 aromatic rings. The average molecular weight is 569 g/mol. The van der Waals surface area contributed by atoms with Gasteiger partial charge < -0.3 is 19.4 Å². The van der Waals surface area contributed by atoms with E-state index in [-0.39, 0.29) is 25.0 Å². The summed E-state index contributed by atoms with van der Waals surface area (Å²) in [6.07, 6.45) is -11.7. The molecule has 1 aromatic carbocycles. The van der Waals surface area contributed by atoms with Crippen LogP contribution < -0.4 is 4.90 Å². The molecule has 3 fully saturated rings. The predicted octanol–water partition coefficient (Wildman–Crippen LogP) is 5.03. The monoisotopic (exact) mass is 568 g/mol. The van der Waals surface area contributed by atoms with Crippen LogP contribution in [0.15, 0.2) is 30.7 Å². The zero-order chi connectivity index (χ0) is 27.7. The Hall–Kier alpha value is -2.34. The van der Waals surface area contributed by atoms with Gasteiger partial charge in [0.15, 0.2) is 5.88 Å². The van der Waals surface area contributed by atoms with Gasteiger partial charge in [-0.25, -0.2) is 0 Å². The number of halogens is 7. The standard InChI is InChI=1S/C25H31ClF6N4O2/c1-17(38-23(24(27,28)29)25(30,31)32)34-12-10-33(11-13-34)15-18-5-6-19(26)14-21(18)35-9-7-20(16-35)36-8-3-2-4-22(36)37/h5-6,14,20,23H,1-4,7-13,15-16H2/t20-/m1/s1. The molecule has 0 N–H and O–H groups in total. The van der Waals surface area contributed by atoms with Gasteiger partial charge in [-0.2, -0.15) is 26.3 Å². The molecule has 4 rings (SSSR count). The van der Waals surface area contributed by atoms with E-state index in [2.05, 4.69) is 21.1 Å². The fraction of sp³-hybridized carbons (Fsp3) is 0.640. The molecule has 3 saturated heterocycles. The van der Waals surface area contributed by atoms with E-state index in [1.54, 1.807) is 6.07 Å². The highest BCUT2D eigenvalue weighted by Crippen LogP contribution is 2.37. The van der Waals surface area contributed by atoms with Gasteiger partial charge in [0.25, 0.3) is 6.10 Å². The normalized spacial score (nSPS) is 21.9.